The van der Waals surface area contributed by atoms with Gasteiger partial charge in [-0.05, 0) is 30.2 Å². The number of aryl methyl sites for hydroxylation is 1. The molecule has 0 spiro atoms. The second-order valence-electron chi connectivity index (χ2n) is 4.62. The zero-order chi connectivity index (χ0) is 14.5. The molecule has 20 heavy (non-hydrogen) atoms. The van der Waals surface area contributed by atoms with Gasteiger partial charge >= 0.3 is 0 Å². The average Bonchev–Trinajstić information content (AvgIpc) is 2.47. The molecule has 0 radical (unpaired) electrons. The Balaban J connectivity index is 2.16. The van der Waals surface area contributed by atoms with E-state index in [0.717, 1.165) is 22.2 Å². The van der Waals surface area contributed by atoms with Crippen LogP contribution in [0, 0.1) is 0 Å². The fraction of sp³-hybridized carbons (Fsp3) is 0.312. The van der Waals surface area contributed by atoms with E-state index in [4.69, 9.17) is 4.74 Å². The normalized spacial score (nSPS) is 12.2. The van der Waals surface area contributed by atoms with Gasteiger partial charge in [-0.15, -0.1) is 0 Å². The van der Waals surface area contributed by atoms with E-state index in [0.29, 0.717) is 12.2 Å². The monoisotopic (exact) mass is 335 g/mol. The Labute approximate surface area is 127 Å². The van der Waals surface area contributed by atoms with E-state index in [1.807, 2.05) is 36.5 Å². The number of aliphatic hydroxyl groups excluding tert-OH is 1. The number of hydrogen-bond acceptors (Lipinski definition) is 3. The predicted molar refractivity (Wildman–Crippen MR) is 83.0 cm³/mol. The molecule has 0 aliphatic heterocycles. The van der Waals surface area contributed by atoms with Gasteiger partial charge in [0, 0.05) is 28.3 Å². The molecule has 0 aliphatic carbocycles. The summed E-state index contributed by atoms with van der Waals surface area (Å²) >= 11 is 3.39. The SMILES string of the molecule is CCc1ccc(CC(O)c2ccc(Br)cc2OC)nc1. The minimum Gasteiger partial charge on any atom is -0.496 e. The van der Waals surface area contributed by atoms with E-state index in [1.165, 1.54) is 5.56 Å². The van der Waals surface area contributed by atoms with Gasteiger partial charge in [0.2, 0.25) is 0 Å². The minimum atomic E-state index is -0.627. The summed E-state index contributed by atoms with van der Waals surface area (Å²) in [5.41, 5.74) is 2.85. The standard InChI is InChI=1S/C16H18BrNO2/c1-3-11-4-6-13(18-10-11)9-15(19)14-7-5-12(17)8-16(14)20-2/h4-8,10,15,19H,3,9H2,1-2H3. The van der Waals surface area contributed by atoms with E-state index in [1.54, 1.807) is 7.11 Å². The molecule has 0 saturated heterocycles. The smallest absolute Gasteiger partial charge is 0.125 e. The van der Waals surface area contributed by atoms with Crippen LogP contribution in [0.1, 0.15) is 29.8 Å². The molecule has 2 aromatic rings. The molecule has 106 valence electrons. The van der Waals surface area contributed by atoms with Crippen molar-refractivity contribution in [3.63, 3.8) is 0 Å². The Morgan fingerprint density at radius 2 is 2.10 bits per heavy atom. The summed E-state index contributed by atoms with van der Waals surface area (Å²) in [7, 11) is 1.60. The lowest BCUT2D eigenvalue weighted by atomic mass is 10.0. The van der Waals surface area contributed by atoms with Gasteiger partial charge in [0.25, 0.3) is 0 Å². The predicted octanol–water partition coefficient (Wildman–Crippen LogP) is 3.69. The Kier molecular flexibility index (Phi) is 5.15. The highest BCUT2D eigenvalue weighted by molar-refractivity contribution is 9.10. The Bertz CT molecular complexity index is 569. The molecule has 1 N–H and O–H groups in total. The molecule has 1 aromatic carbocycles. The number of ether oxygens (including phenoxy) is 1. The van der Waals surface area contributed by atoms with Gasteiger partial charge in [0.15, 0.2) is 0 Å². The van der Waals surface area contributed by atoms with Crippen LogP contribution < -0.4 is 4.74 Å². The maximum Gasteiger partial charge on any atom is 0.125 e. The maximum atomic E-state index is 10.4. The van der Waals surface area contributed by atoms with Crippen molar-refractivity contribution in [2.75, 3.05) is 7.11 Å². The van der Waals surface area contributed by atoms with Crippen molar-refractivity contribution in [2.45, 2.75) is 25.9 Å². The van der Waals surface area contributed by atoms with Crippen LogP contribution in [0.4, 0.5) is 0 Å². The molecule has 2 rings (SSSR count). The van der Waals surface area contributed by atoms with Crippen LogP contribution >= 0.6 is 15.9 Å². The number of benzene rings is 1. The quantitative estimate of drug-likeness (QED) is 0.905. The van der Waals surface area contributed by atoms with Crippen molar-refractivity contribution >= 4 is 15.9 Å². The number of aromatic nitrogens is 1. The maximum absolute atomic E-state index is 10.4. The highest BCUT2D eigenvalue weighted by atomic mass is 79.9. The first-order valence-corrected chi connectivity index (χ1v) is 7.38. The Morgan fingerprint density at radius 3 is 2.70 bits per heavy atom. The van der Waals surface area contributed by atoms with Gasteiger partial charge in [-0.2, -0.15) is 0 Å². The van der Waals surface area contributed by atoms with E-state index >= 15 is 0 Å². The van der Waals surface area contributed by atoms with Crippen molar-refractivity contribution in [2.24, 2.45) is 0 Å². The molecule has 4 heteroatoms. The van der Waals surface area contributed by atoms with Gasteiger partial charge in [0.1, 0.15) is 5.75 Å². The van der Waals surface area contributed by atoms with Crippen molar-refractivity contribution in [1.82, 2.24) is 4.98 Å². The van der Waals surface area contributed by atoms with Gasteiger partial charge in [-0.1, -0.05) is 35.0 Å². The van der Waals surface area contributed by atoms with E-state index in [2.05, 4.69) is 27.8 Å². The molecule has 0 bridgehead atoms. The summed E-state index contributed by atoms with van der Waals surface area (Å²) < 4.78 is 6.24. The third kappa shape index (κ3) is 3.58. The number of halogens is 1. The lowest BCUT2D eigenvalue weighted by molar-refractivity contribution is 0.173. The number of nitrogens with zero attached hydrogens (tertiary/aromatic N) is 1. The average molecular weight is 336 g/mol. The highest BCUT2D eigenvalue weighted by Crippen LogP contribution is 2.30. The first-order chi connectivity index (χ1) is 9.63. The van der Waals surface area contributed by atoms with Crippen molar-refractivity contribution in [3.8, 4) is 5.75 Å². The zero-order valence-electron chi connectivity index (χ0n) is 11.6. The number of hydrogen-bond donors (Lipinski definition) is 1. The summed E-state index contributed by atoms with van der Waals surface area (Å²) in [6.45, 7) is 2.10. The first kappa shape index (κ1) is 15.0. The Hall–Kier alpha value is -1.39. The second-order valence-corrected chi connectivity index (χ2v) is 5.53. The first-order valence-electron chi connectivity index (χ1n) is 6.59. The lowest BCUT2D eigenvalue weighted by Crippen LogP contribution is -2.05. The van der Waals surface area contributed by atoms with Crippen LogP contribution in [-0.4, -0.2) is 17.2 Å². The van der Waals surface area contributed by atoms with Gasteiger partial charge in [0.05, 0.1) is 13.2 Å². The largest absolute Gasteiger partial charge is 0.496 e. The molecule has 1 unspecified atom stereocenters. The zero-order valence-corrected chi connectivity index (χ0v) is 13.2. The number of pyridine rings is 1. The van der Waals surface area contributed by atoms with Gasteiger partial charge in [-0.3, -0.25) is 4.98 Å². The summed E-state index contributed by atoms with van der Waals surface area (Å²) in [6, 6.07) is 9.64. The molecule has 0 saturated carbocycles. The molecule has 0 fully saturated rings. The van der Waals surface area contributed by atoms with Crippen molar-refractivity contribution < 1.29 is 9.84 Å². The van der Waals surface area contributed by atoms with Crippen LogP contribution in [-0.2, 0) is 12.8 Å². The van der Waals surface area contributed by atoms with E-state index in [-0.39, 0.29) is 0 Å². The van der Waals surface area contributed by atoms with Crippen molar-refractivity contribution in [1.29, 1.82) is 0 Å². The molecule has 0 aliphatic rings. The van der Waals surface area contributed by atoms with Gasteiger partial charge in [-0.25, -0.2) is 0 Å². The minimum absolute atomic E-state index is 0.474. The fourth-order valence-electron chi connectivity index (χ4n) is 2.05. The third-order valence-corrected chi connectivity index (χ3v) is 3.74. The molecular formula is C16H18BrNO2. The topological polar surface area (TPSA) is 42.4 Å². The van der Waals surface area contributed by atoms with E-state index < -0.39 is 6.10 Å². The van der Waals surface area contributed by atoms with Crippen LogP contribution in [0.25, 0.3) is 0 Å². The summed E-state index contributed by atoms with van der Waals surface area (Å²) in [5.74, 6) is 0.678. The number of aliphatic hydroxyl groups is 1. The highest BCUT2D eigenvalue weighted by Gasteiger charge is 2.14. The molecule has 1 atom stereocenters. The second kappa shape index (κ2) is 6.86. The summed E-state index contributed by atoms with van der Waals surface area (Å²) in [6.07, 6.45) is 2.68. The van der Waals surface area contributed by atoms with Crippen LogP contribution in [0.15, 0.2) is 41.0 Å². The summed E-state index contributed by atoms with van der Waals surface area (Å²) in [5, 5.41) is 10.4. The molecule has 1 aromatic heterocycles. The molecule has 0 amide bonds. The van der Waals surface area contributed by atoms with Crippen LogP contribution in [0.3, 0.4) is 0 Å². The van der Waals surface area contributed by atoms with Crippen molar-refractivity contribution in [3.05, 3.63) is 57.8 Å². The van der Waals surface area contributed by atoms with Crippen LogP contribution in [0.2, 0.25) is 0 Å². The van der Waals surface area contributed by atoms with E-state index in [9.17, 15) is 5.11 Å². The van der Waals surface area contributed by atoms with Crippen LogP contribution in [0.5, 0.6) is 5.75 Å². The lowest BCUT2D eigenvalue weighted by Gasteiger charge is -2.15. The number of methoxy groups -OCH3 is 1. The third-order valence-electron chi connectivity index (χ3n) is 3.25. The molecule has 3 nitrogen and oxygen atoms in total. The Morgan fingerprint density at radius 1 is 1.30 bits per heavy atom. The molecule has 1 heterocycles. The summed E-state index contributed by atoms with van der Waals surface area (Å²) in [4.78, 5) is 4.38. The molecular weight excluding hydrogens is 318 g/mol. The fourth-order valence-corrected chi connectivity index (χ4v) is 2.39. The number of rotatable bonds is 5. The van der Waals surface area contributed by atoms with Gasteiger partial charge < -0.3 is 9.84 Å².